The van der Waals surface area contributed by atoms with E-state index >= 15 is 0 Å². The number of hydrogen-bond donors (Lipinski definition) is 0. The molecule has 0 bridgehead atoms. The van der Waals surface area contributed by atoms with Gasteiger partial charge in [0.05, 0.1) is 0 Å². The molecule has 0 unspecified atom stereocenters. The van der Waals surface area contributed by atoms with Crippen LogP contribution in [-0.4, -0.2) is 35.6 Å². The van der Waals surface area contributed by atoms with Crippen LogP contribution in [0.4, 0.5) is 5.69 Å². The molecule has 2 aromatic heterocycles. The molecule has 0 radical (unpaired) electrons. The maximum atomic E-state index is 6.57. The van der Waals surface area contributed by atoms with Gasteiger partial charge in [-0.25, -0.2) is 33.7 Å². The van der Waals surface area contributed by atoms with Crippen molar-refractivity contribution in [2.24, 2.45) is 0 Å². The molecule has 3 aromatic carbocycles. The van der Waals surface area contributed by atoms with Crippen LogP contribution in [-0.2, 0) is 42.1 Å². The third-order valence-electron chi connectivity index (χ3n) is 6.21. The fourth-order valence-electron chi connectivity index (χ4n) is 4.10. The van der Waals surface area contributed by atoms with E-state index in [4.69, 9.17) is 6.42 Å². The molecule has 7 heteroatoms. The van der Waals surface area contributed by atoms with Crippen LogP contribution in [0.15, 0.2) is 104 Å². The molecule has 1 aliphatic rings. The predicted molar refractivity (Wildman–Crippen MR) is 157 cm³/mol. The molecular formula is C34H24AlN4Pt2-3. The first-order valence-corrected chi connectivity index (χ1v) is 14.8. The van der Waals surface area contributed by atoms with Gasteiger partial charge < -0.3 is 43.5 Å². The smallest absolute Gasteiger partial charge is 0.669 e. The molecule has 0 amide bonds. The van der Waals surface area contributed by atoms with E-state index in [9.17, 15) is 0 Å². The van der Waals surface area contributed by atoms with Crippen LogP contribution in [0.5, 0.6) is 0 Å². The van der Waals surface area contributed by atoms with Crippen LogP contribution < -0.4 is 13.8 Å². The Morgan fingerprint density at radius 3 is 2.34 bits per heavy atom. The van der Waals surface area contributed by atoms with Gasteiger partial charge in [-0.3, -0.25) is 10.5 Å². The van der Waals surface area contributed by atoms with Gasteiger partial charge in [-0.1, -0.05) is 0 Å². The Morgan fingerprint density at radius 2 is 1.66 bits per heavy atom. The van der Waals surface area contributed by atoms with Crippen molar-refractivity contribution in [3.8, 4) is 28.4 Å². The molecule has 4 nitrogen and oxygen atoms in total. The second-order valence-electron chi connectivity index (χ2n) is 8.94. The van der Waals surface area contributed by atoms with Crippen molar-refractivity contribution in [2.45, 2.75) is 5.79 Å². The fourth-order valence-corrected chi connectivity index (χ4v) is 5.94. The average molecular weight is 906 g/mol. The van der Waals surface area contributed by atoms with Crippen molar-refractivity contribution >= 4 is 28.7 Å². The summed E-state index contributed by atoms with van der Waals surface area (Å²) in [4.78, 5) is 8.65. The molecule has 0 aliphatic carbocycles. The van der Waals surface area contributed by atoms with Gasteiger partial charge in [0.25, 0.3) is 14.1 Å². The van der Waals surface area contributed by atoms with E-state index in [0.29, 0.717) is 0 Å². The molecule has 0 saturated carbocycles. The number of rotatable bonds is 5. The first-order chi connectivity index (χ1) is 19.1. The predicted octanol–water partition coefficient (Wildman–Crippen LogP) is 4.88. The van der Waals surface area contributed by atoms with Crippen molar-refractivity contribution < 1.29 is 42.1 Å². The molecule has 6 rings (SSSR count). The fraction of sp³-hybridized carbons (Fsp3) is 0.0588. The number of aromatic nitrogens is 2. The number of benzene rings is 3. The zero-order chi connectivity index (χ0) is 27.0. The monoisotopic (exact) mass is 905 g/mol. The van der Waals surface area contributed by atoms with Crippen LogP contribution in [0.25, 0.3) is 22.4 Å². The van der Waals surface area contributed by atoms with Gasteiger partial charge in [0.2, 0.25) is 0 Å². The summed E-state index contributed by atoms with van der Waals surface area (Å²) in [7, 11) is 2.02. The van der Waals surface area contributed by atoms with Crippen molar-refractivity contribution in [2.75, 3.05) is 11.9 Å². The molecule has 3 heterocycles. The number of hydrogen-bond acceptors (Lipinski definition) is 3. The van der Waals surface area contributed by atoms with E-state index in [0.717, 1.165) is 28.1 Å². The summed E-state index contributed by atoms with van der Waals surface area (Å²) in [6.45, 7) is 2.04. The number of pyridine rings is 1. The van der Waals surface area contributed by atoms with E-state index in [2.05, 4.69) is 76.3 Å². The number of nitrogens with zero attached hydrogens (tertiary/aromatic N) is 4. The third-order valence-corrected chi connectivity index (χ3v) is 8.75. The minimum atomic E-state index is -1.49. The summed E-state index contributed by atoms with van der Waals surface area (Å²) in [5.74, 6) is 2.31. The normalized spacial score (nSPS) is 11.4. The molecule has 41 heavy (non-hydrogen) atoms. The quantitative estimate of drug-likeness (QED) is 0.143. The molecule has 0 fully saturated rings. The van der Waals surface area contributed by atoms with Crippen molar-refractivity contribution in [3.05, 3.63) is 147 Å². The zero-order valence-electron chi connectivity index (χ0n) is 22.4. The van der Waals surface area contributed by atoms with Crippen molar-refractivity contribution in [1.82, 2.24) is 14.5 Å². The largest absolute Gasteiger partial charge is 4.00 e. The average Bonchev–Trinajstić information content (AvgIpc) is 3.70. The Labute approximate surface area is 276 Å². The summed E-state index contributed by atoms with van der Waals surface area (Å²) >= 11 is -1.49. The number of anilines is 1. The van der Waals surface area contributed by atoms with Crippen LogP contribution in [0, 0.1) is 49.5 Å². The molecule has 0 atom stereocenters. The summed E-state index contributed by atoms with van der Waals surface area (Å²) in [6.07, 6.45) is 16.0. The Balaban J connectivity index is 0.000000452. The van der Waals surface area contributed by atoms with Gasteiger partial charge in [0, 0.05) is 33.5 Å². The minimum Gasteiger partial charge on any atom is -0.669 e. The van der Waals surface area contributed by atoms with E-state index < -0.39 is 14.1 Å². The van der Waals surface area contributed by atoms with E-state index in [-0.39, 0.29) is 42.1 Å². The van der Waals surface area contributed by atoms with Crippen molar-refractivity contribution in [3.63, 3.8) is 0 Å². The van der Waals surface area contributed by atoms with E-state index in [1.54, 1.807) is 17.0 Å². The molecule has 206 valence electrons. The van der Waals surface area contributed by atoms with Gasteiger partial charge in [-0.05, 0) is 37.8 Å². The summed E-state index contributed by atoms with van der Waals surface area (Å²) in [5, 5.41) is 0. The molecule has 0 spiro atoms. The minimum absolute atomic E-state index is 0. The summed E-state index contributed by atoms with van der Waals surface area (Å²) < 4.78 is 3.99. The molecule has 0 saturated heterocycles. The Hall–Kier alpha value is -3.10. The van der Waals surface area contributed by atoms with Crippen molar-refractivity contribution in [1.29, 1.82) is 0 Å². The van der Waals surface area contributed by atoms with E-state index in [1.807, 2.05) is 85.7 Å². The van der Waals surface area contributed by atoms with Crippen LogP contribution in [0.3, 0.4) is 0 Å². The SMILES string of the molecule is CN1C=CN(c2[c-][c]([Al]([CH3])[c]3[c-]c(-c4[c-]c(-c5[c-]cccc5)ccn4)[c-]cc3)ccc2)[CH-]1.[C-]#Cn1cccc1.[Pt+4].[Pt]. The van der Waals surface area contributed by atoms with Gasteiger partial charge in [0.15, 0.2) is 0 Å². The molecule has 1 aliphatic heterocycles. The second-order valence-corrected chi connectivity index (χ2v) is 11.6. The summed E-state index contributed by atoms with van der Waals surface area (Å²) in [6, 6.07) is 43.3. The molecule has 0 N–H and O–H groups in total. The van der Waals surface area contributed by atoms with Gasteiger partial charge in [-0.15, -0.1) is 17.5 Å². The molecular weight excluding hydrogens is 882 g/mol. The zero-order valence-corrected chi connectivity index (χ0v) is 28.1. The molecule has 5 aromatic rings. The Morgan fingerprint density at radius 1 is 0.854 bits per heavy atom. The Kier molecular flexibility index (Phi) is 12.5. The first kappa shape index (κ1) is 32.4. The first-order valence-electron chi connectivity index (χ1n) is 12.5. The van der Waals surface area contributed by atoms with Gasteiger partial charge in [-0.2, -0.15) is 67.0 Å². The third kappa shape index (κ3) is 8.46. The van der Waals surface area contributed by atoms with Gasteiger partial charge >= 0.3 is 21.1 Å². The van der Waals surface area contributed by atoms with Crippen LogP contribution in [0.1, 0.15) is 0 Å². The van der Waals surface area contributed by atoms with E-state index in [1.165, 1.54) is 8.85 Å². The second kappa shape index (κ2) is 15.8. The standard InChI is InChI=1S/C17H8N.C10H9N2.C6H4N.CH3.Al.2Pt/c1-3-7-14(8-4-1)16-11-12-18-17(13-16)15-9-5-2-6-10-15;1-11-7-8-12(9-11)10-5-3-2-4-6-10;1-2-7-5-3-4-6-7;;;;/h1-5,7,11-12H;2-3,5,7-9H,1H3;3-6H;1H3;;;/q-4;-2;-1;;;;+4. The summed E-state index contributed by atoms with van der Waals surface area (Å²) in [5.41, 5.74) is 4.61. The van der Waals surface area contributed by atoms with Crippen LogP contribution in [0.2, 0.25) is 5.79 Å². The van der Waals surface area contributed by atoms with Crippen LogP contribution >= 0.6 is 0 Å². The Bertz CT molecular complexity index is 1600. The topological polar surface area (TPSA) is 24.3 Å². The maximum Gasteiger partial charge on any atom is 4.00 e. The maximum absolute atomic E-state index is 6.57. The van der Waals surface area contributed by atoms with Gasteiger partial charge in [0.1, 0.15) is 0 Å².